The minimum atomic E-state index is 0.360. The topological polar surface area (TPSA) is 56.5 Å². The Labute approximate surface area is 153 Å². The van der Waals surface area contributed by atoms with Crippen molar-refractivity contribution in [2.24, 2.45) is 11.3 Å². The van der Waals surface area contributed by atoms with Crippen LogP contribution >= 0.6 is 0 Å². The summed E-state index contributed by atoms with van der Waals surface area (Å²) >= 11 is 0. The van der Waals surface area contributed by atoms with Crippen LogP contribution < -0.4 is 4.74 Å². The normalized spacial score (nSPS) is 31.5. The van der Waals surface area contributed by atoms with Gasteiger partial charge >= 0.3 is 0 Å². The van der Waals surface area contributed by atoms with Crippen LogP contribution in [0.4, 0.5) is 0 Å². The van der Waals surface area contributed by atoms with Crippen LogP contribution in [0.1, 0.15) is 29.0 Å². The molecule has 2 fully saturated rings. The van der Waals surface area contributed by atoms with Gasteiger partial charge in [-0.15, -0.1) is 0 Å². The highest BCUT2D eigenvalue weighted by atomic mass is 16.5. The summed E-state index contributed by atoms with van der Waals surface area (Å²) in [5.41, 5.74) is 3.74. The summed E-state index contributed by atoms with van der Waals surface area (Å²) in [6, 6.07) is 15.9. The Balaban J connectivity index is 1.43. The molecule has 5 rings (SSSR count). The van der Waals surface area contributed by atoms with Crippen LogP contribution in [0, 0.1) is 22.7 Å². The molecule has 4 nitrogen and oxygen atoms in total. The average Bonchev–Trinajstić information content (AvgIpc) is 2.85. The lowest BCUT2D eigenvalue weighted by molar-refractivity contribution is -0.0561. The predicted molar refractivity (Wildman–Crippen MR) is 98.2 cm³/mol. The molecule has 1 saturated heterocycles. The van der Waals surface area contributed by atoms with Crippen molar-refractivity contribution in [2.45, 2.75) is 24.8 Å². The summed E-state index contributed by atoms with van der Waals surface area (Å²) in [4.78, 5) is 2.47. The lowest BCUT2D eigenvalue weighted by Crippen LogP contribution is -2.63. The molecule has 4 heteroatoms. The first-order valence-corrected chi connectivity index (χ1v) is 9.25. The molecule has 2 aliphatic carbocycles. The Morgan fingerprint density at radius 1 is 1.27 bits per heavy atom. The van der Waals surface area contributed by atoms with E-state index in [1.165, 1.54) is 17.5 Å². The summed E-state index contributed by atoms with van der Waals surface area (Å²) in [6.45, 7) is 1.82. The van der Waals surface area contributed by atoms with Crippen molar-refractivity contribution in [3.63, 3.8) is 0 Å². The molecule has 2 bridgehead atoms. The Bertz CT molecular complexity index is 901. The molecule has 2 aromatic rings. The van der Waals surface area contributed by atoms with E-state index in [2.05, 4.69) is 24.1 Å². The van der Waals surface area contributed by atoms with E-state index in [9.17, 15) is 5.11 Å². The molecule has 0 radical (unpaired) electrons. The van der Waals surface area contributed by atoms with Gasteiger partial charge in [-0.05, 0) is 73.3 Å². The molecule has 1 heterocycles. The van der Waals surface area contributed by atoms with E-state index in [0.717, 1.165) is 18.7 Å². The minimum absolute atomic E-state index is 0.360. The van der Waals surface area contributed by atoms with Crippen LogP contribution in [-0.2, 0) is 6.42 Å². The Kier molecular flexibility index (Phi) is 3.32. The van der Waals surface area contributed by atoms with Gasteiger partial charge in [0.05, 0.1) is 18.2 Å². The maximum Gasteiger partial charge on any atom is 0.119 e. The van der Waals surface area contributed by atoms with Crippen molar-refractivity contribution in [2.75, 3.05) is 20.2 Å². The second-order valence-electron chi connectivity index (χ2n) is 8.20. The standard InChI is InChI=1S/C22H22N2O2/c1-24-13-22-9-15-4-5-16(25)8-18(15)19(10-22)20(21(22)24)12-26-17-6-2-14(11-23)3-7-17/h2-8,19-21,25H,9-10,12-13H2,1H3. The third kappa shape index (κ3) is 2.17. The maximum atomic E-state index is 9.99. The number of phenols is 1. The minimum Gasteiger partial charge on any atom is -0.508 e. The Morgan fingerprint density at radius 2 is 2.08 bits per heavy atom. The van der Waals surface area contributed by atoms with Crippen LogP contribution in [0.3, 0.4) is 0 Å². The molecule has 0 aromatic heterocycles. The van der Waals surface area contributed by atoms with Gasteiger partial charge < -0.3 is 14.7 Å². The SMILES string of the molecule is CN1CC23Cc4ccc(O)cc4C(C2)C(COc2ccc(C#N)cc2)C13. The zero-order chi connectivity index (χ0) is 17.9. The zero-order valence-electron chi connectivity index (χ0n) is 14.9. The number of hydrogen-bond donors (Lipinski definition) is 1. The van der Waals surface area contributed by atoms with Gasteiger partial charge in [-0.25, -0.2) is 0 Å². The number of likely N-dealkylation sites (tertiary alicyclic amines) is 1. The van der Waals surface area contributed by atoms with Crippen molar-refractivity contribution >= 4 is 0 Å². The van der Waals surface area contributed by atoms with Crippen molar-refractivity contribution in [3.05, 3.63) is 59.2 Å². The maximum absolute atomic E-state index is 9.99. The van der Waals surface area contributed by atoms with Gasteiger partial charge in [-0.2, -0.15) is 5.26 Å². The number of aromatic hydroxyl groups is 1. The molecule has 4 unspecified atom stereocenters. The van der Waals surface area contributed by atoms with Gasteiger partial charge in [0.15, 0.2) is 0 Å². The lowest BCUT2D eigenvalue weighted by atomic mass is 9.66. The molecule has 4 atom stereocenters. The molecule has 26 heavy (non-hydrogen) atoms. The number of benzene rings is 2. The number of phenolic OH excluding ortho intramolecular Hbond substituents is 1. The molecule has 132 valence electrons. The molecule has 1 aliphatic heterocycles. The third-order valence-corrected chi connectivity index (χ3v) is 6.71. The van der Waals surface area contributed by atoms with Gasteiger partial charge in [0.2, 0.25) is 0 Å². The zero-order valence-corrected chi connectivity index (χ0v) is 14.9. The van der Waals surface area contributed by atoms with Crippen LogP contribution in [0.2, 0.25) is 0 Å². The van der Waals surface area contributed by atoms with E-state index in [1.54, 1.807) is 12.1 Å². The first kappa shape index (κ1) is 15.7. The summed E-state index contributed by atoms with van der Waals surface area (Å²) in [5.74, 6) is 2.04. The smallest absolute Gasteiger partial charge is 0.119 e. The Morgan fingerprint density at radius 3 is 2.81 bits per heavy atom. The van der Waals surface area contributed by atoms with Gasteiger partial charge in [0.1, 0.15) is 11.5 Å². The first-order chi connectivity index (χ1) is 12.6. The van der Waals surface area contributed by atoms with E-state index in [1.807, 2.05) is 24.3 Å². The molecule has 0 amide bonds. The van der Waals surface area contributed by atoms with Crippen molar-refractivity contribution in [1.29, 1.82) is 5.26 Å². The first-order valence-electron chi connectivity index (χ1n) is 9.25. The van der Waals surface area contributed by atoms with Crippen LogP contribution in [0.5, 0.6) is 11.5 Å². The lowest BCUT2D eigenvalue weighted by Gasteiger charge is -2.55. The van der Waals surface area contributed by atoms with Crippen LogP contribution in [-0.4, -0.2) is 36.2 Å². The highest BCUT2D eigenvalue weighted by molar-refractivity contribution is 5.45. The van der Waals surface area contributed by atoms with E-state index >= 15 is 0 Å². The molecule has 2 aromatic carbocycles. The van der Waals surface area contributed by atoms with E-state index in [4.69, 9.17) is 10.00 Å². The largest absolute Gasteiger partial charge is 0.508 e. The summed E-state index contributed by atoms with van der Waals surface area (Å²) in [7, 11) is 2.22. The summed E-state index contributed by atoms with van der Waals surface area (Å²) < 4.78 is 6.14. The molecular weight excluding hydrogens is 324 g/mol. The summed E-state index contributed by atoms with van der Waals surface area (Å²) in [5, 5.41) is 18.9. The van der Waals surface area contributed by atoms with Crippen LogP contribution in [0.15, 0.2) is 42.5 Å². The molecule has 1 saturated carbocycles. The van der Waals surface area contributed by atoms with Crippen molar-refractivity contribution < 1.29 is 9.84 Å². The molecule has 1 N–H and O–H groups in total. The molecular formula is C22H22N2O2. The van der Waals surface area contributed by atoms with Crippen LogP contribution in [0.25, 0.3) is 0 Å². The Hall–Kier alpha value is -2.51. The highest BCUT2D eigenvalue weighted by Crippen LogP contribution is 2.63. The fraction of sp³-hybridized carbons (Fsp3) is 0.409. The van der Waals surface area contributed by atoms with Gasteiger partial charge in [0, 0.05) is 23.9 Å². The van der Waals surface area contributed by atoms with Crippen molar-refractivity contribution in [3.8, 4) is 17.6 Å². The number of rotatable bonds is 3. The third-order valence-electron chi connectivity index (χ3n) is 6.71. The monoisotopic (exact) mass is 346 g/mol. The highest BCUT2D eigenvalue weighted by Gasteiger charge is 2.64. The second-order valence-corrected chi connectivity index (χ2v) is 8.20. The van der Waals surface area contributed by atoms with E-state index < -0.39 is 0 Å². The van der Waals surface area contributed by atoms with E-state index in [-0.39, 0.29) is 0 Å². The number of hydrogen-bond acceptors (Lipinski definition) is 4. The summed E-state index contributed by atoms with van der Waals surface area (Å²) in [6.07, 6.45) is 2.31. The predicted octanol–water partition coefficient (Wildman–Crippen LogP) is 3.30. The molecule has 1 spiro atoms. The second kappa shape index (κ2) is 5.49. The number of fused-ring (bicyclic) bond motifs is 3. The van der Waals surface area contributed by atoms with Crippen molar-refractivity contribution in [1.82, 2.24) is 4.90 Å². The van der Waals surface area contributed by atoms with E-state index in [0.29, 0.717) is 41.2 Å². The number of ether oxygens (including phenoxy) is 1. The fourth-order valence-electron chi connectivity index (χ4n) is 5.89. The number of nitrogens with zero attached hydrogens (tertiary/aromatic N) is 2. The van der Waals surface area contributed by atoms with Gasteiger partial charge in [-0.3, -0.25) is 0 Å². The fourth-order valence-corrected chi connectivity index (χ4v) is 5.89. The quantitative estimate of drug-likeness (QED) is 0.926. The average molecular weight is 346 g/mol. The number of nitriles is 1. The van der Waals surface area contributed by atoms with Gasteiger partial charge in [-0.1, -0.05) is 6.07 Å². The molecule has 3 aliphatic rings. The van der Waals surface area contributed by atoms with Gasteiger partial charge in [0.25, 0.3) is 0 Å².